The minimum absolute atomic E-state index is 0.0561. The average Bonchev–Trinajstić information content (AvgIpc) is 2.43. The molecule has 3 nitrogen and oxygen atoms in total. The minimum Gasteiger partial charge on any atom is -0.481 e. The van der Waals surface area contributed by atoms with E-state index in [9.17, 15) is 9.00 Å². The van der Waals surface area contributed by atoms with Crippen molar-refractivity contribution in [3.63, 3.8) is 0 Å². The highest BCUT2D eigenvalue weighted by Gasteiger charge is 2.11. The highest BCUT2D eigenvalue weighted by atomic mass is 35.5. The van der Waals surface area contributed by atoms with Crippen LogP contribution in [0.1, 0.15) is 16.7 Å². The number of carboxylic acid groups (broad SMARTS) is 1. The Labute approximate surface area is 131 Å². The van der Waals surface area contributed by atoms with E-state index in [0.717, 1.165) is 11.1 Å². The van der Waals surface area contributed by atoms with Crippen LogP contribution in [0, 0.1) is 0 Å². The summed E-state index contributed by atoms with van der Waals surface area (Å²) in [6.07, 6.45) is -0.0561. The Morgan fingerprint density at radius 3 is 2.10 bits per heavy atom. The van der Waals surface area contributed by atoms with Gasteiger partial charge in [0.15, 0.2) is 0 Å². The normalized spacial score (nSPS) is 12.0. The van der Waals surface area contributed by atoms with E-state index >= 15 is 0 Å². The maximum Gasteiger partial charge on any atom is 0.307 e. The molecular weight excluding hydrogens is 308 g/mol. The molecule has 0 bridgehead atoms. The summed E-state index contributed by atoms with van der Waals surface area (Å²) in [6.45, 7) is 0. The molecule has 0 radical (unpaired) electrons. The fourth-order valence-electron chi connectivity index (χ4n) is 2.05. The van der Waals surface area contributed by atoms with Gasteiger partial charge in [0, 0.05) is 21.6 Å². The van der Waals surface area contributed by atoms with Crippen molar-refractivity contribution < 1.29 is 14.1 Å². The Kier molecular flexibility index (Phi) is 5.53. The molecule has 0 saturated carbocycles. The summed E-state index contributed by atoms with van der Waals surface area (Å²) in [5, 5.41) is 9.51. The number of hydrogen-bond donors (Lipinski definition) is 1. The molecule has 0 aliphatic carbocycles. The highest BCUT2D eigenvalue weighted by Crippen LogP contribution is 2.19. The lowest BCUT2D eigenvalue weighted by Crippen LogP contribution is -2.06. The Morgan fingerprint density at radius 1 is 0.952 bits per heavy atom. The molecular formula is C16H15ClO3S. The molecule has 1 atom stereocenters. The zero-order valence-electron chi connectivity index (χ0n) is 11.3. The first-order chi connectivity index (χ1) is 10.1. The number of carboxylic acids is 1. The molecule has 0 fully saturated rings. The van der Waals surface area contributed by atoms with E-state index < -0.39 is 16.8 Å². The molecule has 2 aromatic carbocycles. The number of halogens is 1. The van der Waals surface area contributed by atoms with Crippen LogP contribution in [0.4, 0.5) is 0 Å². The van der Waals surface area contributed by atoms with Crippen LogP contribution in [0.25, 0.3) is 0 Å². The first kappa shape index (κ1) is 15.7. The summed E-state index contributed by atoms with van der Waals surface area (Å²) in [5.41, 5.74) is 2.36. The number of carbonyl (C=O) groups is 1. The highest BCUT2D eigenvalue weighted by molar-refractivity contribution is 7.83. The van der Waals surface area contributed by atoms with E-state index in [4.69, 9.17) is 16.7 Å². The van der Waals surface area contributed by atoms with Gasteiger partial charge < -0.3 is 5.11 Å². The van der Waals surface area contributed by atoms with Crippen LogP contribution in [0.5, 0.6) is 0 Å². The molecule has 21 heavy (non-hydrogen) atoms. The zero-order valence-corrected chi connectivity index (χ0v) is 12.9. The maximum absolute atomic E-state index is 12.3. The third kappa shape index (κ3) is 4.69. The average molecular weight is 323 g/mol. The second-order valence-electron chi connectivity index (χ2n) is 4.66. The summed E-state index contributed by atoms with van der Waals surface area (Å²) in [4.78, 5) is 10.8. The SMILES string of the molecule is O=C(O)Cc1ccccc1CS(=O)Cc1ccccc1Cl. The third-order valence-corrected chi connectivity index (χ3v) is 4.69. The Morgan fingerprint density at radius 2 is 1.48 bits per heavy atom. The van der Waals surface area contributed by atoms with Gasteiger partial charge in [0.05, 0.1) is 12.2 Å². The van der Waals surface area contributed by atoms with E-state index in [-0.39, 0.29) is 6.42 Å². The van der Waals surface area contributed by atoms with Crippen LogP contribution >= 0.6 is 11.6 Å². The van der Waals surface area contributed by atoms with Crippen LogP contribution in [0.3, 0.4) is 0 Å². The standard InChI is InChI=1S/C16H15ClO3S/c17-15-8-4-3-7-14(15)11-21(20)10-13-6-2-1-5-12(13)9-16(18)19/h1-8H,9-11H2,(H,18,19). The Bertz CT molecular complexity index is 670. The summed E-state index contributed by atoms with van der Waals surface area (Å²) < 4.78 is 12.3. The van der Waals surface area contributed by atoms with Gasteiger partial charge in [-0.3, -0.25) is 9.00 Å². The second kappa shape index (κ2) is 7.38. The molecule has 0 amide bonds. The largest absolute Gasteiger partial charge is 0.481 e. The fourth-order valence-corrected chi connectivity index (χ4v) is 3.66. The first-order valence-electron chi connectivity index (χ1n) is 6.43. The fraction of sp³-hybridized carbons (Fsp3) is 0.188. The van der Waals surface area contributed by atoms with Crippen LogP contribution in [0.15, 0.2) is 48.5 Å². The maximum atomic E-state index is 12.3. The number of hydrogen-bond acceptors (Lipinski definition) is 2. The predicted octanol–water partition coefficient (Wildman–Crippen LogP) is 3.42. The molecule has 0 aliphatic heterocycles. The smallest absolute Gasteiger partial charge is 0.307 e. The van der Waals surface area contributed by atoms with Crippen LogP contribution in [0.2, 0.25) is 5.02 Å². The lowest BCUT2D eigenvalue weighted by atomic mass is 10.1. The van der Waals surface area contributed by atoms with Gasteiger partial charge in [-0.05, 0) is 22.8 Å². The summed E-state index contributed by atoms with van der Waals surface area (Å²) in [7, 11) is -1.13. The van der Waals surface area contributed by atoms with Gasteiger partial charge in [0.25, 0.3) is 0 Å². The molecule has 1 N–H and O–H groups in total. The van der Waals surface area contributed by atoms with Gasteiger partial charge >= 0.3 is 5.97 Å². The van der Waals surface area contributed by atoms with E-state index in [1.54, 1.807) is 18.2 Å². The molecule has 110 valence electrons. The Balaban J connectivity index is 2.10. The van der Waals surface area contributed by atoms with Crippen molar-refractivity contribution in [2.75, 3.05) is 0 Å². The van der Waals surface area contributed by atoms with Crippen molar-refractivity contribution in [1.82, 2.24) is 0 Å². The van der Waals surface area contributed by atoms with Crippen LogP contribution in [-0.2, 0) is 33.5 Å². The minimum atomic E-state index is -1.13. The molecule has 0 spiro atoms. The van der Waals surface area contributed by atoms with Crippen molar-refractivity contribution >= 4 is 28.4 Å². The lowest BCUT2D eigenvalue weighted by Gasteiger charge is -2.08. The van der Waals surface area contributed by atoms with Crippen molar-refractivity contribution in [2.45, 2.75) is 17.9 Å². The number of aliphatic carboxylic acids is 1. The van der Waals surface area contributed by atoms with Gasteiger partial charge in [0.1, 0.15) is 0 Å². The second-order valence-corrected chi connectivity index (χ2v) is 6.52. The van der Waals surface area contributed by atoms with Crippen molar-refractivity contribution in [2.24, 2.45) is 0 Å². The third-order valence-electron chi connectivity index (χ3n) is 3.05. The van der Waals surface area contributed by atoms with Crippen molar-refractivity contribution in [3.8, 4) is 0 Å². The molecule has 5 heteroatoms. The predicted molar refractivity (Wildman–Crippen MR) is 84.8 cm³/mol. The zero-order chi connectivity index (χ0) is 15.2. The monoisotopic (exact) mass is 322 g/mol. The topological polar surface area (TPSA) is 54.4 Å². The number of rotatable bonds is 6. The molecule has 1 unspecified atom stereocenters. The van der Waals surface area contributed by atoms with E-state index in [1.165, 1.54) is 0 Å². The molecule has 0 heterocycles. The van der Waals surface area contributed by atoms with E-state index in [1.807, 2.05) is 30.3 Å². The van der Waals surface area contributed by atoms with Crippen LogP contribution < -0.4 is 0 Å². The first-order valence-corrected chi connectivity index (χ1v) is 8.30. The van der Waals surface area contributed by atoms with E-state index in [0.29, 0.717) is 22.1 Å². The molecule has 2 aromatic rings. The van der Waals surface area contributed by atoms with Gasteiger partial charge in [0.2, 0.25) is 0 Å². The van der Waals surface area contributed by atoms with Gasteiger partial charge in [-0.25, -0.2) is 0 Å². The van der Waals surface area contributed by atoms with Crippen molar-refractivity contribution in [1.29, 1.82) is 0 Å². The summed E-state index contributed by atoms with van der Waals surface area (Å²) in [6, 6.07) is 14.5. The van der Waals surface area contributed by atoms with Gasteiger partial charge in [-0.2, -0.15) is 0 Å². The quantitative estimate of drug-likeness (QED) is 0.886. The van der Waals surface area contributed by atoms with Gasteiger partial charge in [-0.1, -0.05) is 54.1 Å². The number of benzene rings is 2. The summed E-state index contributed by atoms with van der Waals surface area (Å²) >= 11 is 6.06. The molecule has 0 aromatic heterocycles. The van der Waals surface area contributed by atoms with Gasteiger partial charge in [-0.15, -0.1) is 0 Å². The van der Waals surface area contributed by atoms with Crippen LogP contribution in [-0.4, -0.2) is 15.3 Å². The molecule has 2 rings (SSSR count). The lowest BCUT2D eigenvalue weighted by molar-refractivity contribution is -0.136. The van der Waals surface area contributed by atoms with E-state index in [2.05, 4.69) is 0 Å². The Hall–Kier alpha value is -1.65. The molecule has 0 aliphatic rings. The van der Waals surface area contributed by atoms with Crippen molar-refractivity contribution in [3.05, 3.63) is 70.2 Å². The molecule has 0 saturated heterocycles. The summed E-state index contributed by atoms with van der Waals surface area (Å²) in [5.74, 6) is -0.199.